The van der Waals surface area contributed by atoms with Gasteiger partial charge in [-0.15, -0.1) is 0 Å². The van der Waals surface area contributed by atoms with Gasteiger partial charge in [-0.25, -0.2) is 9.37 Å². The van der Waals surface area contributed by atoms with Crippen molar-refractivity contribution in [1.82, 2.24) is 9.38 Å². The van der Waals surface area contributed by atoms with Crippen molar-refractivity contribution in [3.63, 3.8) is 0 Å². The molecule has 0 aliphatic rings. The van der Waals surface area contributed by atoms with E-state index in [2.05, 4.69) is 42.5 Å². The summed E-state index contributed by atoms with van der Waals surface area (Å²) in [7, 11) is 0. The van der Waals surface area contributed by atoms with Crippen LogP contribution in [0.3, 0.4) is 0 Å². The van der Waals surface area contributed by atoms with Gasteiger partial charge < -0.3 is 0 Å². The molecule has 0 fully saturated rings. The zero-order valence-corrected chi connectivity index (χ0v) is 14.6. The Bertz CT molecular complexity index is 1290. The van der Waals surface area contributed by atoms with Crippen LogP contribution in [-0.2, 0) is 0 Å². The summed E-state index contributed by atoms with van der Waals surface area (Å²) in [4.78, 5) is 4.75. The summed E-state index contributed by atoms with van der Waals surface area (Å²) < 4.78 is 16.2. The van der Waals surface area contributed by atoms with Gasteiger partial charge in [-0.1, -0.05) is 42.5 Å². The van der Waals surface area contributed by atoms with Crippen molar-refractivity contribution in [1.29, 1.82) is 0 Å². The number of nitrogens with zero attached hydrogens (tertiary/aromatic N) is 2. The summed E-state index contributed by atoms with van der Waals surface area (Å²) in [5.74, 6) is -0.226. The Labute approximate surface area is 150 Å². The van der Waals surface area contributed by atoms with Gasteiger partial charge in [0, 0.05) is 16.3 Å². The molecule has 0 aliphatic carbocycles. The first-order valence-electron chi connectivity index (χ1n) is 8.69. The number of rotatable bonds is 1. The van der Waals surface area contributed by atoms with E-state index in [1.165, 1.54) is 22.8 Å². The van der Waals surface area contributed by atoms with Gasteiger partial charge in [-0.05, 0) is 48.6 Å². The molecule has 2 heterocycles. The number of hydrogen-bond donors (Lipinski definition) is 0. The number of pyridine rings is 1. The maximum absolute atomic E-state index is 14.0. The molecule has 5 aromatic rings. The van der Waals surface area contributed by atoms with E-state index in [9.17, 15) is 4.39 Å². The molecule has 26 heavy (non-hydrogen) atoms. The highest BCUT2D eigenvalue weighted by Gasteiger charge is 2.16. The van der Waals surface area contributed by atoms with Crippen LogP contribution >= 0.6 is 0 Å². The summed E-state index contributed by atoms with van der Waals surface area (Å²) in [6.07, 6.45) is 1.93. The first-order valence-corrected chi connectivity index (χ1v) is 8.69. The third-order valence-electron chi connectivity index (χ3n) is 5.16. The third-order valence-corrected chi connectivity index (χ3v) is 5.16. The Balaban J connectivity index is 2.05. The van der Waals surface area contributed by atoms with Gasteiger partial charge >= 0.3 is 0 Å². The van der Waals surface area contributed by atoms with E-state index in [1.54, 1.807) is 6.07 Å². The Hall–Kier alpha value is -3.20. The quantitative estimate of drug-likeness (QED) is 0.339. The SMILES string of the molecule is Cc1cccc(C)c1-c1cnc2c3ccccc3c3cc(F)ccc3n12. The lowest BCUT2D eigenvalue weighted by Gasteiger charge is -2.13. The third kappa shape index (κ3) is 2.00. The van der Waals surface area contributed by atoms with Gasteiger partial charge in [0.25, 0.3) is 0 Å². The lowest BCUT2D eigenvalue weighted by molar-refractivity contribution is 0.629. The molecule has 0 unspecified atom stereocenters. The van der Waals surface area contributed by atoms with E-state index in [-0.39, 0.29) is 5.82 Å². The second kappa shape index (κ2) is 5.40. The molecule has 3 aromatic carbocycles. The van der Waals surface area contributed by atoms with Crippen LogP contribution < -0.4 is 0 Å². The largest absolute Gasteiger partial charge is 0.292 e. The molecule has 0 bridgehead atoms. The molecule has 3 heteroatoms. The minimum absolute atomic E-state index is 0.226. The molecule has 0 aliphatic heterocycles. The number of aromatic nitrogens is 2. The van der Waals surface area contributed by atoms with Crippen LogP contribution in [-0.4, -0.2) is 9.38 Å². The van der Waals surface area contributed by atoms with E-state index in [4.69, 9.17) is 4.98 Å². The summed E-state index contributed by atoms with van der Waals surface area (Å²) in [5, 5.41) is 2.95. The molecule has 2 nitrogen and oxygen atoms in total. The zero-order chi connectivity index (χ0) is 17.8. The van der Waals surface area contributed by atoms with E-state index in [0.29, 0.717) is 0 Å². The maximum Gasteiger partial charge on any atom is 0.145 e. The van der Waals surface area contributed by atoms with Crippen LogP contribution in [0, 0.1) is 19.7 Å². The van der Waals surface area contributed by atoms with Crippen molar-refractivity contribution in [2.24, 2.45) is 0 Å². The van der Waals surface area contributed by atoms with Crippen molar-refractivity contribution >= 4 is 27.3 Å². The Morgan fingerprint density at radius 1 is 0.808 bits per heavy atom. The molecule has 2 aromatic heterocycles. The van der Waals surface area contributed by atoms with E-state index in [1.807, 2.05) is 30.5 Å². The smallest absolute Gasteiger partial charge is 0.145 e. The standard InChI is InChI=1S/C23H17FN2/c1-14-6-5-7-15(2)22(14)21-13-25-23-18-9-4-3-8-17(18)19-12-16(24)10-11-20(19)26(21)23/h3-13H,1-2H3. The van der Waals surface area contributed by atoms with E-state index >= 15 is 0 Å². The lowest BCUT2D eigenvalue weighted by atomic mass is 10.00. The molecule has 0 saturated heterocycles. The maximum atomic E-state index is 14.0. The molecule has 0 saturated carbocycles. The normalized spacial score (nSPS) is 11.7. The van der Waals surface area contributed by atoms with Gasteiger partial charge in [0.15, 0.2) is 0 Å². The molecule has 0 radical (unpaired) electrons. The fourth-order valence-corrected chi connectivity index (χ4v) is 4.01. The monoisotopic (exact) mass is 340 g/mol. The van der Waals surface area contributed by atoms with Gasteiger partial charge in [0.05, 0.1) is 17.4 Å². The summed E-state index contributed by atoms with van der Waals surface area (Å²) in [6.45, 7) is 4.23. The fourth-order valence-electron chi connectivity index (χ4n) is 4.01. The highest BCUT2D eigenvalue weighted by molar-refractivity contribution is 6.12. The average Bonchev–Trinajstić information content (AvgIpc) is 3.07. The molecular weight excluding hydrogens is 323 g/mol. The lowest BCUT2D eigenvalue weighted by Crippen LogP contribution is -1.96. The van der Waals surface area contributed by atoms with Gasteiger partial charge in [-0.3, -0.25) is 4.40 Å². The topological polar surface area (TPSA) is 17.3 Å². The van der Waals surface area contributed by atoms with Crippen molar-refractivity contribution in [2.75, 3.05) is 0 Å². The first-order chi connectivity index (χ1) is 12.6. The zero-order valence-electron chi connectivity index (χ0n) is 14.6. The fraction of sp³-hybridized carbons (Fsp3) is 0.0870. The Kier molecular flexibility index (Phi) is 3.13. The molecule has 0 atom stereocenters. The highest BCUT2D eigenvalue weighted by Crippen LogP contribution is 2.35. The van der Waals surface area contributed by atoms with Crippen molar-refractivity contribution < 1.29 is 4.39 Å². The predicted octanol–water partition coefficient (Wildman–Crippen LogP) is 6.06. The molecule has 0 N–H and O–H groups in total. The van der Waals surface area contributed by atoms with Crippen molar-refractivity contribution in [2.45, 2.75) is 13.8 Å². The number of hydrogen-bond acceptors (Lipinski definition) is 1. The number of aryl methyl sites for hydroxylation is 2. The molecular formula is C23H17FN2. The van der Waals surface area contributed by atoms with Gasteiger partial charge in [0.1, 0.15) is 11.5 Å². The average molecular weight is 340 g/mol. The van der Waals surface area contributed by atoms with Crippen molar-refractivity contribution in [3.05, 3.63) is 83.8 Å². The Morgan fingerprint density at radius 3 is 2.31 bits per heavy atom. The second-order valence-electron chi connectivity index (χ2n) is 6.78. The number of imidazole rings is 1. The predicted molar refractivity (Wildman–Crippen MR) is 105 cm³/mol. The molecule has 0 spiro atoms. The number of halogens is 1. The summed E-state index contributed by atoms with van der Waals surface area (Å²) in [6, 6.07) is 19.4. The number of fused-ring (bicyclic) bond motifs is 6. The molecule has 126 valence electrons. The van der Waals surface area contributed by atoms with Crippen LogP contribution in [0.4, 0.5) is 4.39 Å². The minimum atomic E-state index is -0.226. The van der Waals surface area contributed by atoms with Crippen LogP contribution in [0.2, 0.25) is 0 Å². The van der Waals surface area contributed by atoms with E-state index in [0.717, 1.165) is 33.0 Å². The number of benzene rings is 3. The molecule has 5 rings (SSSR count). The minimum Gasteiger partial charge on any atom is -0.292 e. The van der Waals surface area contributed by atoms with Crippen LogP contribution in [0.25, 0.3) is 38.6 Å². The van der Waals surface area contributed by atoms with E-state index < -0.39 is 0 Å². The van der Waals surface area contributed by atoms with Crippen molar-refractivity contribution in [3.8, 4) is 11.3 Å². The van der Waals surface area contributed by atoms with Crippen LogP contribution in [0.1, 0.15) is 11.1 Å². The highest BCUT2D eigenvalue weighted by atomic mass is 19.1. The Morgan fingerprint density at radius 2 is 1.54 bits per heavy atom. The van der Waals surface area contributed by atoms with Crippen LogP contribution in [0.5, 0.6) is 0 Å². The summed E-state index contributed by atoms with van der Waals surface area (Å²) >= 11 is 0. The second-order valence-corrected chi connectivity index (χ2v) is 6.78. The molecule has 0 amide bonds. The van der Waals surface area contributed by atoms with Gasteiger partial charge in [0.2, 0.25) is 0 Å². The van der Waals surface area contributed by atoms with Gasteiger partial charge in [-0.2, -0.15) is 0 Å². The first kappa shape index (κ1) is 15.1. The summed E-state index contributed by atoms with van der Waals surface area (Å²) in [5.41, 5.74) is 6.50. The van der Waals surface area contributed by atoms with Crippen LogP contribution in [0.15, 0.2) is 66.9 Å².